The third kappa shape index (κ3) is 9.42. The number of carbonyl (C=O) groups excluding carboxylic acids is 1. The predicted molar refractivity (Wildman–Crippen MR) is 75.4 cm³/mol. The van der Waals surface area contributed by atoms with Crippen LogP contribution in [-0.4, -0.2) is 29.7 Å². The number of carbonyl (C=O) groups is 1. The van der Waals surface area contributed by atoms with Crippen molar-refractivity contribution in [3.63, 3.8) is 0 Å². The van der Waals surface area contributed by atoms with Gasteiger partial charge in [0, 0.05) is 5.54 Å². The quantitative estimate of drug-likeness (QED) is 0.566. The van der Waals surface area contributed by atoms with Gasteiger partial charge in [0.15, 0.2) is 0 Å². The highest BCUT2D eigenvalue weighted by molar-refractivity contribution is 5.76. The van der Waals surface area contributed by atoms with E-state index in [1.807, 2.05) is 41.5 Å². The molecule has 0 saturated carbocycles. The molecule has 3 N–H and O–H groups in total. The average Bonchev–Trinajstić information content (AvgIpc) is 2.11. The minimum absolute atomic E-state index is 0.107. The molecule has 0 heterocycles. The molecule has 0 aliphatic heterocycles. The first-order valence-corrected chi connectivity index (χ1v) is 6.76. The molecule has 0 amide bonds. The van der Waals surface area contributed by atoms with Gasteiger partial charge in [0.25, 0.3) is 0 Å². The van der Waals surface area contributed by atoms with Crippen molar-refractivity contribution in [1.82, 2.24) is 5.32 Å². The van der Waals surface area contributed by atoms with Crippen molar-refractivity contribution in [2.75, 3.05) is 6.54 Å². The molecular weight excluding hydrogens is 228 g/mol. The number of unbranched alkanes of at least 4 members (excludes halogenated alkanes) is 1. The fourth-order valence-electron chi connectivity index (χ4n) is 1.64. The Bertz CT molecular complexity index is 252. The van der Waals surface area contributed by atoms with Gasteiger partial charge in [-0.3, -0.25) is 10.1 Å². The van der Waals surface area contributed by atoms with E-state index in [0.29, 0.717) is 6.54 Å². The van der Waals surface area contributed by atoms with Crippen molar-refractivity contribution in [2.24, 2.45) is 5.73 Å². The number of hydrogen-bond donors (Lipinski definition) is 2. The molecule has 0 saturated heterocycles. The molecular formula is C14H30N2O2. The summed E-state index contributed by atoms with van der Waals surface area (Å²) in [6.07, 6.45) is 2.64. The van der Waals surface area contributed by atoms with Crippen molar-refractivity contribution in [1.29, 1.82) is 0 Å². The van der Waals surface area contributed by atoms with Gasteiger partial charge in [-0.1, -0.05) is 6.42 Å². The standard InChI is InChI=1S/C14H30N2O2/c1-13(2,3)16-11(9-7-8-10-15)12(17)18-14(4,5)6/h11,16H,7-10,15H2,1-6H3/t11-/m1/s1. The Morgan fingerprint density at radius 3 is 2.11 bits per heavy atom. The lowest BCUT2D eigenvalue weighted by molar-refractivity contribution is -0.158. The van der Waals surface area contributed by atoms with E-state index >= 15 is 0 Å². The Hall–Kier alpha value is -0.610. The Morgan fingerprint density at radius 2 is 1.72 bits per heavy atom. The van der Waals surface area contributed by atoms with Crippen LogP contribution in [0.2, 0.25) is 0 Å². The molecule has 0 unspecified atom stereocenters. The van der Waals surface area contributed by atoms with Crippen LogP contribution in [0.25, 0.3) is 0 Å². The normalized spacial score (nSPS) is 14.4. The summed E-state index contributed by atoms with van der Waals surface area (Å²) in [4.78, 5) is 12.1. The average molecular weight is 258 g/mol. The van der Waals surface area contributed by atoms with E-state index in [1.165, 1.54) is 0 Å². The summed E-state index contributed by atoms with van der Waals surface area (Å²) < 4.78 is 5.44. The van der Waals surface area contributed by atoms with E-state index in [4.69, 9.17) is 10.5 Å². The van der Waals surface area contributed by atoms with E-state index in [0.717, 1.165) is 19.3 Å². The summed E-state index contributed by atoms with van der Waals surface area (Å²) in [6.45, 7) is 12.5. The number of esters is 1. The van der Waals surface area contributed by atoms with Crippen LogP contribution in [0.3, 0.4) is 0 Å². The van der Waals surface area contributed by atoms with Gasteiger partial charge in [0.2, 0.25) is 0 Å². The van der Waals surface area contributed by atoms with Crippen molar-refractivity contribution in [3.8, 4) is 0 Å². The van der Waals surface area contributed by atoms with Crippen LogP contribution < -0.4 is 11.1 Å². The Labute approximate surface area is 112 Å². The lowest BCUT2D eigenvalue weighted by Crippen LogP contribution is -2.49. The maximum Gasteiger partial charge on any atom is 0.323 e. The molecule has 0 aliphatic rings. The number of hydrogen-bond acceptors (Lipinski definition) is 4. The van der Waals surface area contributed by atoms with Crippen LogP contribution in [0.5, 0.6) is 0 Å². The smallest absolute Gasteiger partial charge is 0.323 e. The molecule has 1 atom stereocenters. The first-order chi connectivity index (χ1) is 8.05. The first-order valence-electron chi connectivity index (χ1n) is 6.76. The minimum atomic E-state index is -0.442. The molecule has 18 heavy (non-hydrogen) atoms. The lowest BCUT2D eigenvalue weighted by atomic mass is 10.0. The van der Waals surface area contributed by atoms with Gasteiger partial charge in [-0.2, -0.15) is 0 Å². The topological polar surface area (TPSA) is 64.3 Å². The molecule has 4 nitrogen and oxygen atoms in total. The summed E-state index contributed by atoms with van der Waals surface area (Å²) in [7, 11) is 0. The van der Waals surface area contributed by atoms with E-state index in [-0.39, 0.29) is 17.6 Å². The van der Waals surface area contributed by atoms with Gasteiger partial charge >= 0.3 is 5.97 Å². The molecule has 108 valence electrons. The third-order valence-corrected chi connectivity index (χ3v) is 2.25. The van der Waals surface area contributed by atoms with Crippen LogP contribution in [0.15, 0.2) is 0 Å². The molecule has 4 heteroatoms. The number of ether oxygens (including phenoxy) is 1. The zero-order chi connectivity index (χ0) is 14.4. The van der Waals surface area contributed by atoms with Gasteiger partial charge < -0.3 is 10.5 Å². The van der Waals surface area contributed by atoms with Gasteiger partial charge in [-0.15, -0.1) is 0 Å². The maximum absolute atomic E-state index is 12.1. The van der Waals surface area contributed by atoms with Crippen LogP contribution in [0.1, 0.15) is 60.8 Å². The Balaban J connectivity index is 4.49. The fraction of sp³-hybridized carbons (Fsp3) is 0.929. The number of nitrogens with one attached hydrogen (secondary N) is 1. The van der Waals surface area contributed by atoms with Crippen molar-refractivity contribution < 1.29 is 9.53 Å². The molecule has 0 radical (unpaired) electrons. The molecule has 0 aromatic rings. The summed E-state index contributed by atoms with van der Waals surface area (Å²) in [5.41, 5.74) is 4.93. The van der Waals surface area contributed by atoms with Gasteiger partial charge in [0.05, 0.1) is 0 Å². The molecule has 0 bridgehead atoms. The van der Waals surface area contributed by atoms with Crippen molar-refractivity contribution in [3.05, 3.63) is 0 Å². The fourth-order valence-corrected chi connectivity index (χ4v) is 1.64. The van der Waals surface area contributed by atoms with E-state index < -0.39 is 5.60 Å². The third-order valence-electron chi connectivity index (χ3n) is 2.25. The van der Waals surface area contributed by atoms with Crippen LogP contribution in [0.4, 0.5) is 0 Å². The molecule has 0 aromatic carbocycles. The van der Waals surface area contributed by atoms with Crippen molar-refractivity contribution >= 4 is 5.97 Å². The highest BCUT2D eigenvalue weighted by Gasteiger charge is 2.27. The maximum atomic E-state index is 12.1. The highest BCUT2D eigenvalue weighted by Crippen LogP contribution is 2.13. The molecule has 0 fully saturated rings. The van der Waals surface area contributed by atoms with Gasteiger partial charge in [-0.25, -0.2) is 0 Å². The van der Waals surface area contributed by atoms with E-state index in [1.54, 1.807) is 0 Å². The number of rotatable bonds is 6. The Kier molecular flexibility index (Phi) is 6.86. The zero-order valence-electron chi connectivity index (χ0n) is 12.8. The van der Waals surface area contributed by atoms with Crippen molar-refractivity contribution in [2.45, 2.75) is 78.0 Å². The summed E-state index contributed by atoms with van der Waals surface area (Å²) in [5, 5.41) is 3.32. The van der Waals surface area contributed by atoms with Gasteiger partial charge in [0.1, 0.15) is 11.6 Å². The number of nitrogens with two attached hydrogens (primary N) is 1. The van der Waals surface area contributed by atoms with E-state index in [9.17, 15) is 4.79 Å². The van der Waals surface area contributed by atoms with Gasteiger partial charge in [-0.05, 0) is 60.9 Å². The highest BCUT2D eigenvalue weighted by atomic mass is 16.6. The molecule has 0 spiro atoms. The molecule has 0 rings (SSSR count). The van der Waals surface area contributed by atoms with Crippen LogP contribution in [0, 0.1) is 0 Å². The van der Waals surface area contributed by atoms with Crippen LogP contribution in [-0.2, 0) is 9.53 Å². The zero-order valence-corrected chi connectivity index (χ0v) is 12.8. The monoisotopic (exact) mass is 258 g/mol. The molecule has 0 aliphatic carbocycles. The second-order valence-electron chi connectivity index (χ2n) is 6.76. The molecule has 0 aromatic heterocycles. The van der Waals surface area contributed by atoms with Crippen LogP contribution >= 0.6 is 0 Å². The minimum Gasteiger partial charge on any atom is -0.459 e. The second kappa shape index (κ2) is 7.10. The summed E-state index contributed by atoms with van der Waals surface area (Å²) >= 11 is 0. The predicted octanol–water partition coefficient (Wildman–Crippen LogP) is 2.21. The van der Waals surface area contributed by atoms with E-state index in [2.05, 4.69) is 5.32 Å². The summed E-state index contributed by atoms with van der Waals surface area (Å²) in [6, 6.07) is -0.254. The first kappa shape index (κ1) is 17.4. The lowest BCUT2D eigenvalue weighted by Gasteiger charge is -2.30. The largest absolute Gasteiger partial charge is 0.459 e. The SMILES string of the molecule is CC(C)(C)N[C@H](CCCCN)C(=O)OC(C)(C)C. The Morgan fingerprint density at radius 1 is 1.17 bits per heavy atom. The summed E-state index contributed by atoms with van der Waals surface area (Å²) in [5.74, 6) is -0.172. The second-order valence-corrected chi connectivity index (χ2v) is 6.76.